The molecule has 6 heteroatoms. The van der Waals surface area contributed by atoms with Crippen LogP contribution in [0.2, 0.25) is 0 Å². The van der Waals surface area contributed by atoms with Crippen LogP contribution < -0.4 is 11.1 Å². The zero-order valence-electron chi connectivity index (χ0n) is 12.4. The van der Waals surface area contributed by atoms with Crippen LogP contribution in [-0.4, -0.2) is 48.9 Å². The van der Waals surface area contributed by atoms with Crippen molar-refractivity contribution in [1.82, 2.24) is 4.90 Å². The van der Waals surface area contributed by atoms with Crippen molar-refractivity contribution in [2.45, 2.75) is 19.9 Å². The highest BCUT2D eigenvalue weighted by Gasteiger charge is 2.22. The number of nitrogen functional groups attached to an aromatic ring is 1. The molecule has 1 saturated heterocycles. The number of hydrogen-bond donors (Lipinski definition) is 2. The molecule has 1 unspecified atom stereocenters. The van der Waals surface area contributed by atoms with Gasteiger partial charge < -0.3 is 20.7 Å². The van der Waals surface area contributed by atoms with E-state index in [0.717, 1.165) is 0 Å². The molecule has 0 aliphatic carbocycles. The van der Waals surface area contributed by atoms with E-state index in [9.17, 15) is 9.59 Å². The third-order valence-electron chi connectivity index (χ3n) is 3.51. The number of carbonyl (C=O) groups is 2. The first-order valence-electron chi connectivity index (χ1n) is 7.02. The first-order valence-corrected chi connectivity index (χ1v) is 7.02. The fourth-order valence-electron chi connectivity index (χ4n) is 2.32. The minimum Gasteiger partial charge on any atom is -0.398 e. The molecule has 1 aromatic rings. The number of nitrogens with one attached hydrogen (secondary N) is 1. The number of ether oxygens (including phenoxy) is 1. The van der Waals surface area contributed by atoms with Gasteiger partial charge in [-0.1, -0.05) is 0 Å². The van der Waals surface area contributed by atoms with E-state index in [0.29, 0.717) is 43.2 Å². The quantitative estimate of drug-likeness (QED) is 0.641. The van der Waals surface area contributed by atoms with E-state index in [-0.39, 0.29) is 17.7 Å². The molecule has 1 aromatic carbocycles. The van der Waals surface area contributed by atoms with Crippen molar-refractivity contribution < 1.29 is 14.3 Å². The van der Waals surface area contributed by atoms with E-state index in [4.69, 9.17) is 10.5 Å². The second kappa shape index (κ2) is 6.58. The Balaban J connectivity index is 2.05. The fraction of sp³-hybridized carbons (Fsp3) is 0.467. The summed E-state index contributed by atoms with van der Waals surface area (Å²) in [5.74, 6) is -0.0668. The maximum absolute atomic E-state index is 12.3. The minimum absolute atomic E-state index is 0.0273. The second-order valence-corrected chi connectivity index (χ2v) is 5.16. The molecule has 0 aromatic heterocycles. The molecule has 1 aliphatic rings. The van der Waals surface area contributed by atoms with Crippen molar-refractivity contribution in [2.24, 2.45) is 0 Å². The van der Waals surface area contributed by atoms with Gasteiger partial charge in [-0.25, -0.2) is 0 Å². The summed E-state index contributed by atoms with van der Waals surface area (Å²) >= 11 is 0. The first kappa shape index (κ1) is 15.3. The van der Waals surface area contributed by atoms with Gasteiger partial charge >= 0.3 is 0 Å². The van der Waals surface area contributed by atoms with Crippen molar-refractivity contribution in [3.05, 3.63) is 23.8 Å². The number of nitrogens with two attached hydrogens (primary N) is 1. The number of rotatable bonds is 4. The lowest BCUT2D eigenvalue weighted by atomic mass is 10.1. The van der Waals surface area contributed by atoms with E-state index in [2.05, 4.69) is 5.32 Å². The number of ketones is 1. The molecule has 21 heavy (non-hydrogen) atoms. The molecular formula is C15H21N3O3. The van der Waals surface area contributed by atoms with Crippen LogP contribution in [0, 0.1) is 0 Å². The molecule has 2 rings (SSSR count). The van der Waals surface area contributed by atoms with Gasteiger partial charge in [0, 0.05) is 30.0 Å². The summed E-state index contributed by atoms with van der Waals surface area (Å²) in [6.45, 7) is 5.67. The maximum atomic E-state index is 12.3. The normalized spacial score (nSPS) is 16.4. The molecule has 0 saturated carbocycles. The van der Waals surface area contributed by atoms with Crippen molar-refractivity contribution in [1.29, 1.82) is 0 Å². The standard InChI is InChI=1S/C15H21N3O3/c1-10(15(20)18-5-7-21-8-6-18)17-12-3-4-14(16)13(9-12)11(2)19/h3-4,9-10,17H,5-8,16H2,1-2H3. The van der Waals surface area contributed by atoms with Crippen molar-refractivity contribution in [3.63, 3.8) is 0 Å². The average molecular weight is 291 g/mol. The fourth-order valence-corrected chi connectivity index (χ4v) is 2.32. The first-order chi connectivity index (χ1) is 9.99. The van der Waals surface area contributed by atoms with E-state index in [1.165, 1.54) is 6.92 Å². The van der Waals surface area contributed by atoms with Gasteiger partial charge in [0.05, 0.1) is 13.2 Å². The Morgan fingerprint density at radius 1 is 1.33 bits per heavy atom. The molecular weight excluding hydrogens is 270 g/mol. The summed E-state index contributed by atoms with van der Waals surface area (Å²) in [4.78, 5) is 25.6. The predicted octanol–water partition coefficient (Wildman–Crippen LogP) is 1.13. The Morgan fingerprint density at radius 3 is 2.62 bits per heavy atom. The Labute approximate surface area is 124 Å². The highest BCUT2D eigenvalue weighted by atomic mass is 16.5. The van der Waals surface area contributed by atoms with Gasteiger partial charge in [0.2, 0.25) is 5.91 Å². The van der Waals surface area contributed by atoms with Gasteiger partial charge in [0.1, 0.15) is 6.04 Å². The van der Waals surface area contributed by atoms with E-state index >= 15 is 0 Å². The van der Waals surface area contributed by atoms with Gasteiger partial charge in [0.25, 0.3) is 0 Å². The molecule has 6 nitrogen and oxygen atoms in total. The van der Waals surface area contributed by atoms with Crippen LogP contribution in [0.4, 0.5) is 11.4 Å². The van der Waals surface area contributed by atoms with Crippen LogP contribution in [0.3, 0.4) is 0 Å². The molecule has 1 fully saturated rings. The molecule has 0 spiro atoms. The lowest BCUT2D eigenvalue weighted by Crippen LogP contribution is -2.47. The minimum atomic E-state index is -0.369. The third kappa shape index (κ3) is 3.72. The summed E-state index contributed by atoms with van der Waals surface area (Å²) in [6, 6.07) is 4.75. The Morgan fingerprint density at radius 2 is 2.00 bits per heavy atom. The van der Waals surface area contributed by atoms with E-state index < -0.39 is 0 Å². The third-order valence-corrected chi connectivity index (χ3v) is 3.51. The number of Topliss-reactive ketones (excluding diaryl/α,β-unsaturated/α-hetero) is 1. The lowest BCUT2D eigenvalue weighted by Gasteiger charge is -2.29. The van der Waals surface area contributed by atoms with Crippen LogP contribution in [-0.2, 0) is 9.53 Å². The van der Waals surface area contributed by atoms with Crippen LogP contribution in [0.1, 0.15) is 24.2 Å². The Kier molecular flexibility index (Phi) is 4.80. The topological polar surface area (TPSA) is 84.7 Å². The summed E-state index contributed by atoms with van der Waals surface area (Å²) in [5.41, 5.74) is 7.38. The smallest absolute Gasteiger partial charge is 0.244 e. The molecule has 1 aliphatic heterocycles. The molecule has 1 atom stereocenters. The Bertz CT molecular complexity index is 539. The largest absolute Gasteiger partial charge is 0.398 e. The summed E-state index contributed by atoms with van der Waals surface area (Å²) in [5, 5.41) is 3.12. The van der Waals surface area contributed by atoms with E-state index in [1.807, 2.05) is 6.92 Å². The summed E-state index contributed by atoms with van der Waals surface area (Å²) in [6.07, 6.45) is 0. The monoisotopic (exact) mass is 291 g/mol. The Hall–Kier alpha value is -2.08. The number of benzene rings is 1. The second-order valence-electron chi connectivity index (χ2n) is 5.16. The van der Waals surface area contributed by atoms with Gasteiger partial charge in [-0.2, -0.15) is 0 Å². The van der Waals surface area contributed by atoms with Gasteiger partial charge in [0.15, 0.2) is 5.78 Å². The molecule has 114 valence electrons. The predicted molar refractivity (Wildman–Crippen MR) is 81.3 cm³/mol. The number of amides is 1. The summed E-state index contributed by atoms with van der Waals surface area (Å²) < 4.78 is 5.24. The number of hydrogen-bond acceptors (Lipinski definition) is 5. The van der Waals surface area contributed by atoms with Crippen molar-refractivity contribution in [3.8, 4) is 0 Å². The zero-order valence-corrected chi connectivity index (χ0v) is 12.4. The SMILES string of the molecule is CC(=O)c1cc(NC(C)C(=O)N2CCOCC2)ccc1N. The highest BCUT2D eigenvalue weighted by Crippen LogP contribution is 2.19. The van der Waals surface area contributed by atoms with Crippen LogP contribution >= 0.6 is 0 Å². The number of anilines is 2. The van der Waals surface area contributed by atoms with Crippen molar-refractivity contribution in [2.75, 3.05) is 37.4 Å². The van der Waals surface area contributed by atoms with Gasteiger partial charge in [-0.3, -0.25) is 9.59 Å². The molecule has 0 bridgehead atoms. The van der Waals surface area contributed by atoms with Crippen molar-refractivity contribution >= 4 is 23.1 Å². The number of carbonyl (C=O) groups excluding carboxylic acids is 2. The molecule has 1 heterocycles. The maximum Gasteiger partial charge on any atom is 0.244 e. The average Bonchev–Trinajstić information content (AvgIpc) is 2.49. The van der Waals surface area contributed by atoms with Gasteiger partial charge in [-0.05, 0) is 32.0 Å². The van der Waals surface area contributed by atoms with Crippen LogP contribution in [0.25, 0.3) is 0 Å². The number of nitrogens with zero attached hydrogens (tertiary/aromatic N) is 1. The van der Waals surface area contributed by atoms with E-state index in [1.54, 1.807) is 23.1 Å². The van der Waals surface area contributed by atoms with Crippen LogP contribution in [0.15, 0.2) is 18.2 Å². The molecule has 3 N–H and O–H groups in total. The van der Waals surface area contributed by atoms with Gasteiger partial charge in [-0.15, -0.1) is 0 Å². The summed E-state index contributed by atoms with van der Waals surface area (Å²) in [7, 11) is 0. The molecule has 0 radical (unpaired) electrons. The molecule has 1 amide bonds. The zero-order chi connectivity index (χ0) is 15.4. The lowest BCUT2D eigenvalue weighted by molar-refractivity contribution is -0.135. The highest BCUT2D eigenvalue weighted by molar-refractivity contribution is 6.00. The van der Waals surface area contributed by atoms with Crippen LogP contribution in [0.5, 0.6) is 0 Å². The number of morpholine rings is 1.